The third kappa shape index (κ3) is 6.30. The molecule has 0 radical (unpaired) electrons. The molecule has 1 N–H and O–H groups in total. The maximum Gasteiger partial charge on any atom is 0.0705 e. The van der Waals surface area contributed by atoms with Gasteiger partial charge in [0.25, 0.3) is 0 Å². The third-order valence-electron chi connectivity index (χ3n) is 3.43. The Morgan fingerprint density at radius 1 is 1.48 bits per heavy atom. The quantitative estimate of drug-likeness (QED) is 0.635. The van der Waals surface area contributed by atoms with Gasteiger partial charge in [0.1, 0.15) is 0 Å². The van der Waals surface area contributed by atoms with E-state index in [0.29, 0.717) is 17.9 Å². The van der Waals surface area contributed by atoms with Crippen LogP contribution in [0.2, 0.25) is 0 Å². The molecule has 1 aromatic heterocycles. The van der Waals surface area contributed by atoms with Crippen molar-refractivity contribution in [3.05, 3.63) is 16.4 Å². The molecule has 4 nitrogen and oxygen atoms in total. The molecule has 2 atom stereocenters. The van der Waals surface area contributed by atoms with Crippen LogP contribution >= 0.6 is 27.7 Å². The summed E-state index contributed by atoms with van der Waals surface area (Å²) in [5.74, 6) is 1.06. The SMILES string of the molecule is CCCNC(CSC(C)CC)c1c(Br)cnn1CCOC. The van der Waals surface area contributed by atoms with E-state index in [0.717, 1.165) is 29.7 Å². The van der Waals surface area contributed by atoms with Crippen molar-refractivity contribution < 1.29 is 4.74 Å². The molecule has 0 saturated heterocycles. The van der Waals surface area contributed by atoms with Crippen LogP contribution in [-0.2, 0) is 11.3 Å². The number of nitrogens with one attached hydrogen (secondary N) is 1. The molecule has 2 unspecified atom stereocenters. The lowest BCUT2D eigenvalue weighted by molar-refractivity contribution is 0.181. The number of aromatic nitrogens is 2. The molecular formula is C15H28BrN3OS. The van der Waals surface area contributed by atoms with E-state index in [9.17, 15) is 0 Å². The van der Waals surface area contributed by atoms with E-state index in [1.165, 1.54) is 12.1 Å². The molecule has 0 aliphatic rings. The van der Waals surface area contributed by atoms with Crippen molar-refractivity contribution in [1.29, 1.82) is 0 Å². The molecular weight excluding hydrogens is 350 g/mol. The summed E-state index contributed by atoms with van der Waals surface area (Å²) >= 11 is 5.67. The summed E-state index contributed by atoms with van der Waals surface area (Å²) in [7, 11) is 1.73. The van der Waals surface area contributed by atoms with E-state index < -0.39 is 0 Å². The van der Waals surface area contributed by atoms with E-state index in [2.05, 4.69) is 51.8 Å². The Hall–Kier alpha value is -0.0400. The zero-order chi connectivity index (χ0) is 15.7. The van der Waals surface area contributed by atoms with Gasteiger partial charge in [-0.25, -0.2) is 0 Å². The van der Waals surface area contributed by atoms with Gasteiger partial charge >= 0.3 is 0 Å². The normalized spacial score (nSPS) is 14.3. The number of halogens is 1. The van der Waals surface area contributed by atoms with Crippen molar-refractivity contribution in [2.45, 2.75) is 51.4 Å². The van der Waals surface area contributed by atoms with Crippen LogP contribution in [0.1, 0.15) is 45.3 Å². The molecule has 0 aliphatic heterocycles. The molecule has 0 saturated carbocycles. The lowest BCUT2D eigenvalue weighted by atomic mass is 10.2. The van der Waals surface area contributed by atoms with Crippen LogP contribution in [0.3, 0.4) is 0 Å². The Labute approximate surface area is 141 Å². The summed E-state index contributed by atoms with van der Waals surface area (Å²) in [5.41, 5.74) is 1.23. The van der Waals surface area contributed by atoms with Gasteiger partial charge in [0.15, 0.2) is 0 Å². The highest BCUT2D eigenvalue weighted by Crippen LogP contribution is 2.28. The first-order chi connectivity index (χ1) is 10.1. The van der Waals surface area contributed by atoms with Crippen LogP contribution in [0.15, 0.2) is 10.7 Å². The average Bonchev–Trinajstić information content (AvgIpc) is 2.86. The fourth-order valence-corrected chi connectivity index (χ4v) is 3.61. The second-order valence-electron chi connectivity index (χ2n) is 5.15. The predicted octanol–water partition coefficient (Wildman–Crippen LogP) is 3.86. The van der Waals surface area contributed by atoms with Gasteiger partial charge in [-0.2, -0.15) is 16.9 Å². The van der Waals surface area contributed by atoms with Crippen LogP contribution in [0.5, 0.6) is 0 Å². The Kier molecular flexibility index (Phi) is 9.64. The number of methoxy groups -OCH3 is 1. The number of rotatable bonds is 11. The van der Waals surface area contributed by atoms with Crippen molar-refractivity contribution in [2.75, 3.05) is 26.0 Å². The summed E-state index contributed by atoms with van der Waals surface area (Å²) < 4.78 is 8.32. The van der Waals surface area contributed by atoms with E-state index >= 15 is 0 Å². The minimum absolute atomic E-state index is 0.317. The van der Waals surface area contributed by atoms with Crippen LogP contribution in [0, 0.1) is 0 Å². The Morgan fingerprint density at radius 3 is 2.86 bits per heavy atom. The number of nitrogens with zero attached hydrogens (tertiary/aromatic N) is 2. The minimum atomic E-state index is 0.317. The Morgan fingerprint density at radius 2 is 2.24 bits per heavy atom. The molecule has 1 rings (SSSR count). The van der Waals surface area contributed by atoms with Gasteiger partial charge in [0, 0.05) is 18.1 Å². The molecule has 6 heteroatoms. The predicted molar refractivity (Wildman–Crippen MR) is 95.0 cm³/mol. The standard InChI is InChI=1S/C15H28BrN3OS/c1-5-7-17-14(11-21-12(3)6-2)15-13(16)10-18-19(15)8-9-20-4/h10,12,14,17H,5-9,11H2,1-4H3. The van der Waals surface area contributed by atoms with Crippen molar-refractivity contribution in [2.24, 2.45) is 0 Å². The van der Waals surface area contributed by atoms with Crippen molar-refractivity contribution in [3.8, 4) is 0 Å². The molecule has 1 heterocycles. The van der Waals surface area contributed by atoms with Crippen LogP contribution in [0.25, 0.3) is 0 Å². The average molecular weight is 378 g/mol. The van der Waals surface area contributed by atoms with Gasteiger partial charge in [0.2, 0.25) is 0 Å². The molecule has 0 aliphatic carbocycles. The summed E-state index contributed by atoms with van der Waals surface area (Å²) in [4.78, 5) is 0. The van der Waals surface area contributed by atoms with Crippen molar-refractivity contribution in [1.82, 2.24) is 15.1 Å². The monoisotopic (exact) mass is 377 g/mol. The molecule has 122 valence electrons. The molecule has 0 amide bonds. The third-order valence-corrected chi connectivity index (χ3v) is 5.47. The van der Waals surface area contributed by atoms with Crippen LogP contribution in [0.4, 0.5) is 0 Å². The molecule has 1 aromatic rings. The summed E-state index contributed by atoms with van der Waals surface area (Å²) in [5, 5.41) is 8.81. The first kappa shape index (κ1) is 19.0. The first-order valence-electron chi connectivity index (χ1n) is 7.69. The Bertz CT molecular complexity index is 400. The fourth-order valence-electron chi connectivity index (χ4n) is 2.01. The van der Waals surface area contributed by atoms with Gasteiger partial charge < -0.3 is 10.1 Å². The van der Waals surface area contributed by atoms with E-state index in [1.54, 1.807) is 7.11 Å². The second kappa shape index (κ2) is 10.6. The van der Waals surface area contributed by atoms with Gasteiger partial charge in [-0.3, -0.25) is 4.68 Å². The number of hydrogen-bond acceptors (Lipinski definition) is 4. The zero-order valence-electron chi connectivity index (χ0n) is 13.6. The molecule has 0 aromatic carbocycles. The summed E-state index contributed by atoms with van der Waals surface area (Å²) in [6.07, 6.45) is 4.23. The van der Waals surface area contributed by atoms with Gasteiger partial charge in [0.05, 0.1) is 35.6 Å². The Balaban J connectivity index is 2.82. The molecule has 21 heavy (non-hydrogen) atoms. The first-order valence-corrected chi connectivity index (χ1v) is 9.53. The smallest absolute Gasteiger partial charge is 0.0705 e. The molecule has 0 bridgehead atoms. The van der Waals surface area contributed by atoms with E-state index in [-0.39, 0.29) is 0 Å². The van der Waals surface area contributed by atoms with E-state index in [4.69, 9.17) is 4.74 Å². The van der Waals surface area contributed by atoms with Gasteiger partial charge in [-0.05, 0) is 35.3 Å². The van der Waals surface area contributed by atoms with Crippen LogP contribution < -0.4 is 5.32 Å². The zero-order valence-corrected chi connectivity index (χ0v) is 16.0. The minimum Gasteiger partial charge on any atom is -0.383 e. The maximum atomic E-state index is 5.18. The van der Waals surface area contributed by atoms with Gasteiger partial charge in [-0.15, -0.1) is 0 Å². The number of thioether (sulfide) groups is 1. The number of ether oxygens (including phenoxy) is 1. The van der Waals surface area contributed by atoms with Crippen molar-refractivity contribution >= 4 is 27.7 Å². The molecule has 0 fully saturated rings. The van der Waals surface area contributed by atoms with Gasteiger partial charge in [-0.1, -0.05) is 20.8 Å². The highest BCUT2D eigenvalue weighted by Gasteiger charge is 2.20. The van der Waals surface area contributed by atoms with Crippen LogP contribution in [-0.4, -0.2) is 41.0 Å². The fraction of sp³-hybridized carbons (Fsp3) is 0.800. The number of hydrogen-bond donors (Lipinski definition) is 1. The summed E-state index contributed by atoms with van der Waals surface area (Å²) in [6, 6.07) is 0.317. The molecule has 0 spiro atoms. The van der Waals surface area contributed by atoms with E-state index in [1.807, 2.05) is 18.0 Å². The largest absolute Gasteiger partial charge is 0.383 e. The second-order valence-corrected chi connectivity index (χ2v) is 7.48. The lowest BCUT2D eigenvalue weighted by Crippen LogP contribution is -2.28. The topological polar surface area (TPSA) is 39.1 Å². The maximum absolute atomic E-state index is 5.18. The highest BCUT2D eigenvalue weighted by atomic mass is 79.9. The van der Waals surface area contributed by atoms with Crippen molar-refractivity contribution in [3.63, 3.8) is 0 Å². The summed E-state index contributed by atoms with van der Waals surface area (Å²) in [6.45, 7) is 9.22. The highest BCUT2D eigenvalue weighted by molar-refractivity contribution is 9.10. The lowest BCUT2D eigenvalue weighted by Gasteiger charge is -2.22.